The molecule has 6 heteroatoms. The van der Waals surface area contributed by atoms with Crippen LogP contribution in [0, 0.1) is 0 Å². The standard InChI is InChI=1S/C25H25NO5/c1-16-21(24(27)28)23(19-11-13-20(30-3)14-12-19)22(17(2)26-16)25(29)31-15-7-10-18-8-5-4-6-9-18/h4-14,23,26H,15H2,1-3H3,(H,27,28). The van der Waals surface area contributed by atoms with Crippen molar-refractivity contribution in [1.82, 2.24) is 5.32 Å². The number of rotatable bonds is 7. The van der Waals surface area contributed by atoms with E-state index in [1.807, 2.05) is 36.4 Å². The Balaban J connectivity index is 1.87. The minimum atomic E-state index is -1.09. The molecule has 0 radical (unpaired) electrons. The van der Waals surface area contributed by atoms with Crippen LogP contribution >= 0.6 is 0 Å². The normalized spacial score (nSPS) is 16.3. The number of esters is 1. The van der Waals surface area contributed by atoms with Gasteiger partial charge < -0.3 is 19.9 Å². The third-order valence-corrected chi connectivity index (χ3v) is 5.08. The van der Waals surface area contributed by atoms with Crippen molar-refractivity contribution in [2.75, 3.05) is 13.7 Å². The van der Waals surface area contributed by atoms with E-state index in [1.165, 1.54) is 0 Å². The topological polar surface area (TPSA) is 84.9 Å². The molecule has 2 N–H and O–H groups in total. The molecular weight excluding hydrogens is 394 g/mol. The molecule has 0 saturated heterocycles. The van der Waals surface area contributed by atoms with Gasteiger partial charge in [0.2, 0.25) is 0 Å². The predicted octanol–water partition coefficient (Wildman–Crippen LogP) is 4.27. The number of carboxylic acid groups (broad SMARTS) is 1. The number of methoxy groups -OCH3 is 1. The van der Waals surface area contributed by atoms with Crippen LogP contribution in [0.15, 0.2) is 83.2 Å². The number of allylic oxidation sites excluding steroid dienone is 2. The maximum Gasteiger partial charge on any atom is 0.337 e. The van der Waals surface area contributed by atoms with E-state index in [0.717, 1.165) is 5.56 Å². The minimum Gasteiger partial charge on any atom is -0.497 e. The van der Waals surface area contributed by atoms with E-state index >= 15 is 0 Å². The van der Waals surface area contributed by atoms with E-state index in [1.54, 1.807) is 51.3 Å². The Kier molecular flexibility index (Phi) is 6.92. The number of ether oxygens (including phenoxy) is 2. The zero-order chi connectivity index (χ0) is 22.4. The van der Waals surface area contributed by atoms with Gasteiger partial charge in [-0.05, 0) is 43.2 Å². The molecule has 1 unspecified atom stereocenters. The Morgan fingerprint density at radius 3 is 2.26 bits per heavy atom. The molecule has 0 saturated carbocycles. The SMILES string of the molecule is COc1ccc(C2C(C(=O)O)=C(C)NC(C)=C2C(=O)OCC=Cc2ccccc2)cc1. The average molecular weight is 419 g/mol. The predicted molar refractivity (Wildman–Crippen MR) is 118 cm³/mol. The summed E-state index contributed by atoms with van der Waals surface area (Å²) >= 11 is 0. The van der Waals surface area contributed by atoms with Gasteiger partial charge in [-0.1, -0.05) is 48.5 Å². The van der Waals surface area contributed by atoms with Gasteiger partial charge in [-0.3, -0.25) is 0 Å². The van der Waals surface area contributed by atoms with E-state index in [4.69, 9.17) is 9.47 Å². The van der Waals surface area contributed by atoms with Crippen LogP contribution in [0.5, 0.6) is 5.75 Å². The summed E-state index contributed by atoms with van der Waals surface area (Å²) < 4.78 is 10.7. The van der Waals surface area contributed by atoms with Gasteiger partial charge in [0, 0.05) is 11.4 Å². The molecule has 2 aromatic carbocycles. The average Bonchev–Trinajstić information content (AvgIpc) is 2.76. The molecule has 0 bridgehead atoms. The summed E-state index contributed by atoms with van der Waals surface area (Å²) in [5.41, 5.74) is 3.12. The smallest absolute Gasteiger partial charge is 0.337 e. The quantitative estimate of drug-likeness (QED) is 0.652. The first kappa shape index (κ1) is 21.9. The first-order chi connectivity index (χ1) is 14.9. The number of aliphatic carboxylic acids is 1. The highest BCUT2D eigenvalue weighted by Gasteiger charge is 2.37. The molecular formula is C25H25NO5. The summed E-state index contributed by atoms with van der Waals surface area (Å²) in [4.78, 5) is 25.1. The zero-order valence-electron chi connectivity index (χ0n) is 17.7. The molecule has 0 amide bonds. The van der Waals surface area contributed by atoms with E-state index in [9.17, 15) is 14.7 Å². The first-order valence-corrected chi connectivity index (χ1v) is 9.87. The van der Waals surface area contributed by atoms with E-state index in [-0.39, 0.29) is 17.8 Å². The highest BCUT2D eigenvalue weighted by molar-refractivity contribution is 5.99. The minimum absolute atomic E-state index is 0.0743. The van der Waals surface area contributed by atoms with Crippen molar-refractivity contribution in [2.24, 2.45) is 0 Å². The van der Waals surface area contributed by atoms with Crippen LogP contribution in [-0.2, 0) is 14.3 Å². The molecule has 0 aliphatic carbocycles. The first-order valence-electron chi connectivity index (χ1n) is 9.87. The van der Waals surface area contributed by atoms with Crippen LogP contribution in [0.2, 0.25) is 0 Å². The van der Waals surface area contributed by atoms with Crippen LogP contribution in [0.3, 0.4) is 0 Å². The molecule has 0 fully saturated rings. The summed E-state index contributed by atoms with van der Waals surface area (Å²) in [6.07, 6.45) is 3.61. The lowest BCUT2D eigenvalue weighted by molar-refractivity contribution is -0.138. The molecule has 6 nitrogen and oxygen atoms in total. The van der Waals surface area contributed by atoms with Crippen molar-refractivity contribution in [3.05, 3.63) is 94.3 Å². The maximum atomic E-state index is 13.0. The third-order valence-electron chi connectivity index (χ3n) is 5.08. The van der Waals surface area contributed by atoms with Gasteiger partial charge in [0.05, 0.1) is 24.2 Å². The van der Waals surface area contributed by atoms with Crippen LogP contribution in [0.25, 0.3) is 6.08 Å². The molecule has 0 aromatic heterocycles. The molecule has 2 aromatic rings. The largest absolute Gasteiger partial charge is 0.497 e. The van der Waals surface area contributed by atoms with Crippen molar-refractivity contribution in [2.45, 2.75) is 19.8 Å². The number of carbonyl (C=O) groups excluding carboxylic acids is 1. The monoisotopic (exact) mass is 419 g/mol. The molecule has 0 spiro atoms. The Morgan fingerprint density at radius 1 is 1.00 bits per heavy atom. The molecule has 1 heterocycles. The van der Waals surface area contributed by atoms with Gasteiger partial charge in [-0.2, -0.15) is 0 Å². The summed E-state index contributed by atoms with van der Waals surface area (Å²) in [6, 6.07) is 16.7. The van der Waals surface area contributed by atoms with Crippen LogP contribution in [-0.4, -0.2) is 30.8 Å². The van der Waals surface area contributed by atoms with E-state index in [0.29, 0.717) is 22.7 Å². The zero-order valence-corrected chi connectivity index (χ0v) is 17.7. The molecule has 160 valence electrons. The van der Waals surface area contributed by atoms with Gasteiger partial charge in [-0.25, -0.2) is 9.59 Å². The van der Waals surface area contributed by atoms with Gasteiger partial charge in [0.25, 0.3) is 0 Å². The van der Waals surface area contributed by atoms with Crippen molar-refractivity contribution in [3.8, 4) is 5.75 Å². The second-order valence-corrected chi connectivity index (χ2v) is 7.13. The number of hydrogen-bond donors (Lipinski definition) is 2. The summed E-state index contributed by atoms with van der Waals surface area (Å²) in [6.45, 7) is 3.51. The molecule has 1 aliphatic rings. The lowest BCUT2D eigenvalue weighted by atomic mass is 9.80. The van der Waals surface area contributed by atoms with Gasteiger partial charge in [0.1, 0.15) is 12.4 Å². The van der Waals surface area contributed by atoms with Gasteiger partial charge in [-0.15, -0.1) is 0 Å². The van der Waals surface area contributed by atoms with E-state index in [2.05, 4.69) is 5.32 Å². The lowest BCUT2D eigenvalue weighted by Gasteiger charge is -2.29. The van der Waals surface area contributed by atoms with Crippen LogP contribution in [0.4, 0.5) is 0 Å². The number of hydrogen-bond acceptors (Lipinski definition) is 5. The number of carboxylic acids is 1. The summed E-state index contributed by atoms with van der Waals surface area (Å²) in [5, 5.41) is 12.9. The van der Waals surface area contributed by atoms with Crippen molar-refractivity contribution in [3.63, 3.8) is 0 Å². The fourth-order valence-corrected chi connectivity index (χ4v) is 3.63. The molecule has 1 aliphatic heterocycles. The Hall–Kier alpha value is -3.80. The Labute approximate surface area is 181 Å². The second kappa shape index (κ2) is 9.80. The fraction of sp³-hybridized carbons (Fsp3) is 0.200. The number of nitrogens with one attached hydrogen (secondary N) is 1. The highest BCUT2D eigenvalue weighted by atomic mass is 16.5. The Bertz CT molecular complexity index is 1050. The number of benzene rings is 2. The summed E-state index contributed by atoms with van der Waals surface area (Å²) in [7, 11) is 1.56. The molecule has 1 atom stereocenters. The fourth-order valence-electron chi connectivity index (χ4n) is 3.63. The van der Waals surface area contributed by atoms with E-state index < -0.39 is 17.9 Å². The van der Waals surface area contributed by atoms with Crippen molar-refractivity contribution >= 4 is 18.0 Å². The number of dihydropyridines is 1. The van der Waals surface area contributed by atoms with Crippen molar-refractivity contribution < 1.29 is 24.2 Å². The molecule has 31 heavy (non-hydrogen) atoms. The maximum absolute atomic E-state index is 13.0. The number of carbonyl (C=O) groups is 2. The van der Waals surface area contributed by atoms with Gasteiger partial charge in [0.15, 0.2) is 0 Å². The summed E-state index contributed by atoms with van der Waals surface area (Å²) in [5.74, 6) is -1.76. The van der Waals surface area contributed by atoms with Crippen molar-refractivity contribution in [1.29, 1.82) is 0 Å². The second-order valence-electron chi connectivity index (χ2n) is 7.13. The Morgan fingerprint density at radius 2 is 1.65 bits per heavy atom. The van der Waals surface area contributed by atoms with Crippen LogP contribution in [0.1, 0.15) is 30.9 Å². The molecule has 3 rings (SSSR count). The van der Waals surface area contributed by atoms with Gasteiger partial charge >= 0.3 is 11.9 Å². The lowest BCUT2D eigenvalue weighted by Crippen LogP contribution is -2.31. The van der Waals surface area contributed by atoms with Crippen LogP contribution < -0.4 is 10.1 Å². The highest BCUT2D eigenvalue weighted by Crippen LogP contribution is 2.39. The third kappa shape index (κ3) is 5.04.